The van der Waals surface area contributed by atoms with Crippen LogP contribution in [-0.4, -0.2) is 28.2 Å². The third-order valence-corrected chi connectivity index (χ3v) is 4.55. The highest BCUT2D eigenvalue weighted by Crippen LogP contribution is 2.22. The van der Waals surface area contributed by atoms with Crippen molar-refractivity contribution in [1.82, 2.24) is 10.2 Å². The Hall–Kier alpha value is -2.28. The van der Waals surface area contributed by atoms with Gasteiger partial charge < -0.3 is 9.32 Å². The maximum absolute atomic E-state index is 10.7. The van der Waals surface area contributed by atoms with E-state index in [2.05, 4.69) is 24.0 Å². The SMILES string of the molecule is C[C@H]1CCC[NH+]([C@@H](C)c2nnc(-c3ccc([N+](=O)[O-])cc3)o2)C1. The van der Waals surface area contributed by atoms with Crippen LogP contribution in [0.4, 0.5) is 5.69 Å². The molecule has 1 aromatic heterocycles. The van der Waals surface area contributed by atoms with Gasteiger partial charge in [-0.3, -0.25) is 10.1 Å². The molecule has 0 saturated carbocycles. The summed E-state index contributed by atoms with van der Waals surface area (Å²) in [5, 5.41) is 19.0. The van der Waals surface area contributed by atoms with Gasteiger partial charge in [0.15, 0.2) is 6.04 Å². The minimum Gasteiger partial charge on any atom is -0.415 e. The van der Waals surface area contributed by atoms with Gasteiger partial charge in [0.25, 0.3) is 11.6 Å². The molecule has 0 aliphatic carbocycles. The number of nitrogens with one attached hydrogen (secondary N) is 1. The van der Waals surface area contributed by atoms with Gasteiger partial charge in [0.05, 0.1) is 18.0 Å². The lowest BCUT2D eigenvalue weighted by Crippen LogP contribution is -3.13. The van der Waals surface area contributed by atoms with Crippen LogP contribution in [0.15, 0.2) is 28.7 Å². The largest absolute Gasteiger partial charge is 0.415 e. The summed E-state index contributed by atoms with van der Waals surface area (Å²) < 4.78 is 5.81. The van der Waals surface area contributed by atoms with Crippen molar-refractivity contribution in [3.63, 3.8) is 0 Å². The lowest BCUT2D eigenvalue weighted by molar-refractivity contribution is -0.939. The summed E-state index contributed by atoms with van der Waals surface area (Å²) in [5.41, 5.74) is 0.747. The van der Waals surface area contributed by atoms with Crippen molar-refractivity contribution < 1.29 is 14.2 Å². The Bertz CT molecular complexity index is 683. The van der Waals surface area contributed by atoms with E-state index in [-0.39, 0.29) is 11.7 Å². The minimum atomic E-state index is -0.425. The van der Waals surface area contributed by atoms with E-state index in [0.717, 1.165) is 19.0 Å². The van der Waals surface area contributed by atoms with Crippen LogP contribution in [0.5, 0.6) is 0 Å². The molecule has 1 aromatic carbocycles. The van der Waals surface area contributed by atoms with Crippen LogP contribution in [0.25, 0.3) is 11.5 Å². The Kier molecular flexibility index (Phi) is 4.38. The standard InChI is InChI=1S/C16H20N4O3/c1-11-4-3-9-19(10-11)12(2)15-17-18-16(23-15)13-5-7-14(8-6-13)20(21)22/h5-8,11-12H,3-4,9-10H2,1-2H3/p+1/t11-,12-/m0/s1. The third kappa shape index (κ3) is 3.39. The number of quaternary nitrogens is 1. The van der Waals surface area contributed by atoms with E-state index in [1.807, 2.05) is 0 Å². The Labute approximate surface area is 134 Å². The first-order valence-electron chi connectivity index (χ1n) is 7.97. The van der Waals surface area contributed by atoms with Gasteiger partial charge in [-0.1, -0.05) is 6.92 Å². The highest BCUT2D eigenvalue weighted by atomic mass is 16.6. The van der Waals surface area contributed by atoms with Crippen molar-refractivity contribution in [2.75, 3.05) is 13.1 Å². The number of nitro groups is 1. The summed E-state index contributed by atoms with van der Waals surface area (Å²) in [5.74, 6) is 1.76. The molecule has 1 saturated heterocycles. The minimum absolute atomic E-state index is 0.0496. The molecule has 0 bridgehead atoms. The second-order valence-corrected chi connectivity index (χ2v) is 6.33. The van der Waals surface area contributed by atoms with Crippen LogP contribution in [0.3, 0.4) is 0 Å². The van der Waals surface area contributed by atoms with E-state index in [4.69, 9.17) is 4.42 Å². The molecule has 1 unspecified atom stereocenters. The third-order valence-electron chi connectivity index (χ3n) is 4.55. The van der Waals surface area contributed by atoms with E-state index < -0.39 is 4.92 Å². The number of likely N-dealkylation sites (tertiary alicyclic amines) is 1. The number of nitro benzene ring substituents is 1. The molecular formula is C16H21N4O3+. The van der Waals surface area contributed by atoms with E-state index in [0.29, 0.717) is 17.3 Å². The molecule has 3 atom stereocenters. The number of rotatable bonds is 4. The lowest BCUT2D eigenvalue weighted by atomic mass is 9.99. The number of hydrogen-bond acceptors (Lipinski definition) is 5. The first-order chi connectivity index (χ1) is 11.0. The molecule has 1 fully saturated rings. The van der Waals surface area contributed by atoms with E-state index >= 15 is 0 Å². The van der Waals surface area contributed by atoms with Crippen LogP contribution in [0.2, 0.25) is 0 Å². The molecule has 122 valence electrons. The number of non-ortho nitro benzene ring substituents is 1. The second-order valence-electron chi connectivity index (χ2n) is 6.33. The van der Waals surface area contributed by atoms with Crippen LogP contribution in [0.1, 0.15) is 38.6 Å². The normalized spacial score (nSPS) is 22.7. The molecule has 7 nitrogen and oxygen atoms in total. The average Bonchev–Trinajstić information content (AvgIpc) is 3.04. The maximum Gasteiger partial charge on any atom is 0.274 e. The first-order valence-corrected chi connectivity index (χ1v) is 7.97. The van der Waals surface area contributed by atoms with Gasteiger partial charge in [-0.2, -0.15) is 0 Å². The van der Waals surface area contributed by atoms with Gasteiger partial charge in [0.1, 0.15) is 0 Å². The van der Waals surface area contributed by atoms with E-state index in [9.17, 15) is 10.1 Å². The first kappa shape index (κ1) is 15.6. The summed E-state index contributed by atoms with van der Waals surface area (Å²) in [6.45, 7) is 6.64. The number of nitrogens with zero attached hydrogens (tertiary/aromatic N) is 3. The molecule has 1 aliphatic heterocycles. The zero-order valence-corrected chi connectivity index (χ0v) is 13.4. The van der Waals surface area contributed by atoms with Crippen molar-refractivity contribution in [3.8, 4) is 11.5 Å². The van der Waals surface area contributed by atoms with Gasteiger partial charge in [0, 0.05) is 23.6 Å². The van der Waals surface area contributed by atoms with E-state index in [1.165, 1.54) is 29.9 Å². The predicted molar refractivity (Wildman–Crippen MR) is 83.9 cm³/mol. The molecule has 3 rings (SSSR count). The highest BCUT2D eigenvalue weighted by Gasteiger charge is 2.29. The van der Waals surface area contributed by atoms with Gasteiger partial charge in [-0.15, -0.1) is 10.2 Å². The molecule has 0 amide bonds. The molecule has 0 spiro atoms. The number of piperidine rings is 1. The zero-order valence-electron chi connectivity index (χ0n) is 13.4. The maximum atomic E-state index is 10.7. The fourth-order valence-electron chi connectivity index (χ4n) is 3.15. The van der Waals surface area contributed by atoms with Crippen LogP contribution >= 0.6 is 0 Å². The van der Waals surface area contributed by atoms with Crippen molar-refractivity contribution in [2.24, 2.45) is 5.92 Å². The monoisotopic (exact) mass is 317 g/mol. The molecule has 2 heterocycles. The van der Waals surface area contributed by atoms with Crippen LogP contribution in [-0.2, 0) is 0 Å². The quantitative estimate of drug-likeness (QED) is 0.688. The van der Waals surface area contributed by atoms with Crippen molar-refractivity contribution in [1.29, 1.82) is 0 Å². The molecule has 1 N–H and O–H groups in total. The molecule has 0 radical (unpaired) electrons. The number of hydrogen-bond donors (Lipinski definition) is 1. The Morgan fingerprint density at radius 3 is 2.74 bits per heavy atom. The van der Waals surface area contributed by atoms with Crippen molar-refractivity contribution in [3.05, 3.63) is 40.3 Å². The molecule has 7 heteroatoms. The van der Waals surface area contributed by atoms with E-state index in [1.54, 1.807) is 12.1 Å². The summed E-state index contributed by atoms with van der Waals surface area (Å²) >= 11 is 0. The van der Waals surface area contributed by atoms with Crippen LogP contribution in [0, 0.1) is 16.0 Å². The fourth-order valence-corrected chi connectivity index (χ4v) is 3.15. The lowest BCUT2D eigenvalue weighted by Gasteiger charge is -2.30. The smallest absolute Gasteiger partial charge is 0.274 e. The van der Waals surface area contributed by atoms with Crippen molar-refractivity contribution in [2.45, 2.75) is 32.7 Å². The molecule has 23 heavy (non-hydrogen) atoms. The topological polar surface area (TPSA) is 86.5 Å². The van der Waals surface area contributed by atoms with Crippen LogP contribution < -0.4 is 4.90 Å². The molecule has 2 aromatic rings. The summed E-state index contributed by atoms with van der Waals surface area (Å²) in [6, 6.07) is 6.32. The van der Waals surface area contributed by atoms with Gasteiger partial charge in [0.2, 0.25) is 5.89 Å². The molecular weight excluding hydrogens is 296 g/mol. The summed E-state index contributed by atoms with van der Waals surface area (Å²) in [6.07, 6.45) is 2.51. The second kappa shape index (κ2) is 6.45. The predicted octanol–water partition coefficient (Wildman–Crippen LogP) is 2.02. The summed E-state index contributed by atoms with van der Waals surface area (Å²) in [7, 11) is 0. The molecule has 1 aliphatic rings. The van der Waals surface area contributed by atoms with Gasteiger partial charge >= 0.3 is 0 Å². The Morgan fingerprint density at radius 1 is 1.35 bits per heavy atom. The zero-order chi connectivity index (χ0) is 16.4. The fraction of sp³-hybridized carbons (Fsp3) is 0.500. The van der Waals surface area contributed by atoms with Gasteiger partial charge in [-0.25, -0.2) is 0 Å². The Morgan fingerprint density at radius 2 is 2.09 bits per heavy atom. The number of aromatic nitrogens is 2. The summed E-state index contributed by atoms with van der Waals surface area (Å²) in [4.78, 5) is 11.7. The Balaban J connectivity index is 1.75. The number of benzene rings is 1. The highest BCUT2D eigenvalue weighted by molar-refractivity contribution is 5.55. The average molecular weight is 317 g/mol. The van der Waals surface area contributed by atoms with Gasteiger partial charge in [-0.05, 0) is 31.9 Å². The van der Waals surface area contributed by atoms with Crippen molar-refractivity contribution >= 4 is 5.69 Å².